The van der Waals surface area contributed by atoms with E-state index in [1.807, 2.05) is 0 Å². The average molecular weight is 309 g/mol. The molecule has 0 saturated carbocycles. The molecule has 0 aliphatic carbocycles. The van der Waals surface area contributed by atoms with Crippen LogP contribution in [0.25, 0.3) is 0 Å². The van der Waals surface area contributed by atoms with E-state index >= 15 is 0 Å². The van der Waals surface area contributed by atoms with Gasteiger partial charge in [-0.2, -0.15) is 4.37 Å². The lowest BCUT2D eigenvalue weighted by Crippen LogP contribution is -2.19. The van der Waals surface area contributed by atoms with Gasteiger partial charge in [0, 0.05) is 19.2 Å². The smallest absolute Gasteiger partial charge is 0.345 e. The summed E-state index contributed by atoms with van der Waals surface area (Å²) in [4.78, 5) is 13.7. The van der Waals surface area contributed by atoms with Crippen molar-refractivity contribution in [2.45, 2.75) is 13.5 Å². The number of carbonyl (C=O) groups is 1. The van der Waals surface area contributed by atoms with Gasteiger partial charge in [-0.1, -0.05) is 18.2 Å². The van der Waals surface area contributed by atoms with Gasteiger partial charge in [0.1, 0.15) is 16.4 Å². The largest absolute Gasteiger partial charge is 0.462 e. The van der Waals surface area contributed by atoms with E-state index in [1.54, 1.807) is 37.1 Å². The van der Waals surface area contributed by atoms with Crippen molar-refractivity contribution in [3.05, 3.63) is 41.2 Å². The molecule has 1 heterocycles. The van der Waals surface area contributed by atoms with Crippen LogP contribution in [0.3, 0.4) is 0 Å². The van der Waals surface area contributed by atoms with Crippen LogP contribution in [0, 0.1) is 5.82 Å². The van der Waals surface area contributed by atoms with Crippen molar-refractivity contribution in [2.75, 3.05) is 24.3 Å². The van der Waals surface area contributed by atoms with E-state index < -0.39 is 5.97 Å². The molecule has 2 rings (SSSR count). The number of anilines is 2. The molecule has 2 aromatic rings. The number of ether oxygens (including phenoxy) is 1. The Morgan fingerprint density at radius 2 is 2.19 bits per heavy atom. The van der Waals surface area contributed by atoms with Gasteiger partial charge in [0.25, 0.3) is 0 Å². The number of esters is 1. The number of nitrogen functional groups attached to an aromatic ring is 1. The molecule has 1 aromatic carbocycles. The first kappa shape index (κ1) is 15.2. The van der Waals surface area contributed by atoms with E-state index in [9.17, 15) is 9.18 Å². The lowest BCUT2D eigenvalue weighted by molar-refractivity contribution is 0.0528. The molecule has 112 valence electrons. The van der Waals surface area contributed by atoms with Crippen LogP contribution >= 0.6 is 11.5 Å². The second-order valence-electron chi connectivity index (χ2n) is 4.42. The highest BCUT2D eigenvalue weighted by Gasteiger charge is 2.23. The van der Waals surface area contributed by atoms with Crippen LogP contribution in [0.1, 0.15) is 22.8 Å². The molecule has 0 saturated heterocycles. The summed E-state index contributed by atoms with van der Waals surface area (Å²) in [5.41, 5.74) is 6.50. The summed E-state index contributed by atoms with van der Waals surface area (Å²) in [5, 5.41) is 0.564. The standard InChI is InChI=1S/C14H16FN3O2S/c1-3-20-14(19)11-12(16)17-21-13(11)18(2)8-9-6-4-5-7-10(9)15/h4-7H,3,8H2,1-2H3,(H2,16,17). The monoisotopic (exact) mass is 309 g/mol. The van der Waals surface area contributed by atoms with Crippen molar-refractivity contribution < 1.29 is 13.9 Å². The zero-order valence-corrected chi connectivity index (χ0v) is 12.6. The Balaban J connectivity index is 2.26. The molecule has 0 spiro atoms. The van der Waals surface area contributed by atoms with Crippen LogP contribution < -0.4 is 10.6 Å². The average Bonchev–Trinajstić information content (AvgIpc) is 2.83. The van der Waals surface area contributed by atoms with Crippen LogP contribution in [-0.2, 0) is 11.3 Å². The summed E-state index contributed by atoms with van der Waals surface area (Å²) < 4.78 is 22.7. The fraction of sp³-hybridized carbons (Fsp3) is 0.286. The maximum Gasteiger partial charge on any atom is 0.345 e. The Hall–Kier alpha value is -2.15. The van der Waals surface area contributed by atoms with E-state index in [0.717, 1.165) is 11.5 Å². The molecule has 0 aliphatic rings. The second kappa shape index (κ2) is 6.53. The number of aromatic nitrogens is 1. The normalized spacial score (nSPS) is 10.4. The minimum Gasteiger partial charge on any atom is -0.462 e. The van der Waals surface area contributed by atoms with Gasteiger partial charge in [-0.15, -0.1) is 0 Å². The SMILES string of the molecule is CCOC(=O)c1c(N)nsc1N(C)Cc1ccccc1F. The lowest BCUT2D eigenvalue weighted by atomic mass is 10.2. The molecule has 0 aliphatic heterocycles. The molecular weight excluding hydrogens is 293 g/mol. The minimum atomic E-state index is -0.515. The summed E-state index contributed by atoms with van der Waals surface area (Å²) in [5.74, 6) is -0.674. The Morgan fingerprint density at radius 1 is 1.48 bits per heavy atom. The van der Waals surface area contributed by atoms with Crippen molar-refractivity contribution in [1.82, 2.24) is 4.37 Å². The van der Waals surface area contributed by atoms with Crippen LogP contribution in [-0.4, -0.2) is 24.0 Å². The quantitative estimate of drug-likeness (QED) is 0.860. The lowest BCUT2D eigenvalue weighted by Gasteiger charge is -2.18. The highest BCUT2D eigenvalue weighted by atomic mass is 32.1. The van der Waals surface area contributed by atoms with Crippen LogP contribution in [0.15, 0.2) is 24.3 Å². The Bertz CT molecular complexity index is 645. The maximum atomic E-state index is 13.7. The number of carbonyl (C=O) groups excluding carboxylic acids is 1. The molecule has 0 atom stereocenters. The third-order valence-corrected chi connectivity index (χ3v) is 3.87. The second-order valence-corrected chi connectivity index (χ2v) is 5.17. The summed E-state index contributed by atoms with van der Waals surface area (Å²) in [7, 11) is 1.75. The van der Waals surface area contributed by atoms with Gasteiger partial charge in [0.15, 0.2) is 5.82 Å². The predicted molar refractivity (Wildman–Crippen MR) is 81.0 cm³/mol. The number of nitrogens with zero attached hydrogens (tertiary/aromatic N) is 2. The number of hydrogen-bond donors (Lipinski definition) is 1. The van der Waals surface area contributed by atoms with Crippen molar-refractivity contribution in [2.24, 2.45) is 0 Å². The Morgan fingerprint density at radius 3 is 2.86 bits per heavy atom. The van der Waals surface area contributed by atoms with E-state index in [4.69, 9.17) is 10.5 Å². The highest BCUT2D eigenvalue weighted by molar-refractivity contribution is 7.11. The molecule has 2 N–H and O–H groups in total. The Kier molecular flexibility index (Phi) is 4.74. The van der Waals surface area contributed by atoms with Gasteiger partial charge < -0.3 is 15.4 Å². The van der Waals surface area contributed by atoms with Gasteiger partial charge in [-0.3, -0.25) is 0 Å². The van der Waals surface area contributed by atoms with Gasteiger partial charge >= 0.3 is 5.97 Å². The van der Waals surface area contributed by atoms with Gasteiger partial charge in [-0.05, 0) is 24.5 Å². The number of halogens is 1. The molecule has 21 heavy (non-hydrogen) atoms. The molecule has 0 fully saturated rings. The zero-order chi connectivity index (χ0) is 15.4. The fourth-order valence-corrected chi connectivity index (χ4v) is 2.66. The van der Waals surface area contributed by atoms with Crippen LogP contribution in [0.4, 0.5) is 15.2 Å². The molecular formula is C14H16FN3O2S. The highest BCUT2D eigenvalue weighted by Crippen LogP contribution is 2.31. The molecule has 1 aromatic heterocycles. The van der Waals surface area contributed by atoms with Crippen molar-refractivity contribution >= 4 is 28.3 Å². The van der Waals surface area contributed by atoms with Crippen molar-refractivity contribution in [1.29, 1.82) is 0 Å². The maximum absolute atomic E-state index is 13.7. The summed E-state index contributed by atoms with van der Waals surface area (Å²) in [6.07, 6.45) is 0. The topological polar surface area (TPSA) is 68.5 Å². The third-order valence-electron chi connectivity index (χ3n) is 2.89. The van der Waals surface area contributed by atoms with E-state index in [1.165, 1.54) is 6.07 Å². The third kappa shape index (κ3) is 3.30. The number of nitrogens with two attached hydrogens (primary N) is 1. The summed E-state index contributed by atoms with van der Waals surface area (Å²) in [6.45, 7) is 2.28. The number of hydrogen-bond acceptors (Lipinski definition) is 6. The molecule has 0 bridgehead atoms. The van der Waals surface area contributed by atoms with Crippen LogP contribution in [0.2, 0.25) is 0 Å². The first-order valence-corrected chi connectivity index (χ1v) is 7.18. The Labute approximate surface area is 126 Å². The molecule has 0 radical (unpaired) electrons. The zero-order valence-electron chi connectivity index (χ0n) is 11.8. The van der Waals surface area contributed by atoms with E-state index in [2.05, 4.69) is 4.37 Å². The molecule has 0 unspecified atom stereocenters. The van der Waals surface area contributed by atoms with Crippen molar-refractivity contribution in [3.8, 4) is 0 Å². The predicted octanol–water partition coefficient (Wildman–Crippen LogP) is 2.68. The molecule has 0 amide bonds. The molecule has 5 nitrogen and oxygen atoms in total. The van der Waals surface area contributed by atoms with E-state index in [0.29, 0.717) is 17.1 Å². The van der Waals surface area contributed by atoms with Gasteiger partial charge in [-0.25, -0.2) is 9.18 Å². The fourth-order valence-electron chi connectivity index (χ4n) is 1.90. The van der Waals surface area contributed by atoms with Crippen LogP contribution in [0.5, 0.6) is 0 Å². The van der Waals surface area contributed by atoms with Crippen molar-refractivity contribution in [3.63, 3.8) is 0 Å². The first-order chi connectivity index (χ1) is 10.0. The van der Waals surface area contributed by atoms with Gasteiger partial charge in [0.2, 0.25) is 0 Å². The number of rotatable bonds is 5. The minimum absolute atomic E-state index is 0.133. The first-order valence-electron chi connectivity index (χ1n) is 6.41. The summed E-state index contributed by atoms with van der Waals surface area (Å²) >= 11 is 1.09. The van der Waals surface area contributed by atoms with E-state index in [-0.39, 0.29) is 23.8 Å². The summed E-state index contributed by atoms with van der Waals surface area (Å²) in [6, 6.07) is 6.49. The number of benzene rings is 1. The van der Waals surface area contributed by atoms with Gasteiger partial charge in [0.05, 0.1) is 6.61 Å². The molecule has 7 heteroatoms.